The number of hydrogen-bond donors (Lipinski definition) is 1. The Morgan fingerprint density at radius 1 is 1.43 bits per heavy atom. The second-order valence-corrected chi connectivity index (χ2v) is 6.92. The Bertz CT molecular complexity index is 525. The van der Waals surface area contributed by atoms with Crippen molar-refractivity contribution in [3.63, 3.8) is 0 Å². The molecule has 0 aliphatic heterocycles. The van der Waals surface area contributed by atoms with Crippen LogP contribution < -0.4 is 10.2 Å². The summed E-state index contributed by atoms with van der Waals surface area (Å²) in [6.07, 6.45) is 1.07. The highest BCUT2D eigenvalue weighted by Crippen LogP contribution is 2.26. The minimum atomic E-state index is 0.579. The molecule has 0 amide bonds. The molecule has 0 bridgehead atoms. The van der Waals surface area contributed by atoms with Gasteiger partial charge in [0.1, 0.15) is 0 Å². The molecule has 0 saturated carbocycles. The summed E-state index contributed by atoms with van der Waals surface area (Å²) in [5, 5.41) is 6.57. The van der Waals surface area contributed by atoms with Crippen LogP contribution in [0.1, 0.15) is 22.4 Å². The van der Waals surface area contributed by atoms with Gasteiger partial charge in [0.05, 0.1) is 12.3 Å². The first-order valence-electron chi connectivity index (χ1n) is 7.16. The highest BCUT2D eigenvalue weighted by atomic mass is 32.1. The van der Waals surface area contributed by atoms with Crippen LogP contribution in [0.3, 0.4) is 0 Å². The van der Waals surface area contributed by atoms with Gasteiger partial charge in [-0.1, -0.05) is 13.0 Å². The Balaban J connectivity index is 2.00. The van der Waals surface area contributed by atoms with Crippen LogP contribution in [0.4, 0.5) is 5.13 Å². The summed E-state index contributed by atoms with van der Waals surface area (Å²) in [7, 11) is 3.83. The Labute approximate surface area is 134 Å². The molecule has 2 aromatic rings. The molecule has 6 heteroatoms. The maximum Gasteiger partial charge on any atom is 0.185 e. The molecule has 1 N–H and O–H groups in total. The first kappa shape index (κ1) is 16.4. The zero-order valence-corrected chi connectivity index (χ0v) is 14.5. The van der Waals surface area contributed by atoms with Crippen molar-refractivity contribution >= 4 is 27.8 Å². The van der Waals surface area contributed by atoms with Gasteiger partial charge in [-0.05, 0) is 24.4 Å². The lowest BCUT2D eigenvalue weighted by Crippen LogP contribution is -2.19. The lowest BCUT2D eigenvalue weighted by Gasteiger charge is -2.14. The van der Waals surface area contributed by atoms with Crippen LogP contribution in [0.5, 0.6) is 0 Å². The Kier molecular flexibility index (Phi) is 6.63. The van der Waals surface area contributed by atoms with E-state index in [0.717, 1.165) is 36.9 Å². The molecule has 2 rings (SSSR count). The molecule has 0 aromatic carbocycles. The van der Waals surface area contributed by atoms with Gasteiger partial charge >= 0.3 is 0 Å². The minimum Gasteiger partial charge on any atom is -0.378 e. The molecule has 2 heterocycles. The van der Waals surface area contributed by atoms with E-state index < -0.39 is 0 Å². The van der Waals surface area contributed by atoms with Crippen LogP contribution in [0.25, 0.3) is 0 Å². The van der Waals surface area contributed by atoms with E-state index in [1.54, 1.807) is 18.4 Å². The number of hydrogen-bond acceptors (Lipinski definition) is 6. The van der Waals surface area contributed by atoms with E-state index in [4.69, 9.17) is 9.72 Å². The highest BCUT2D eigenvalue weighted by Gasteiger charge is 2.13. The second kappa shape index (κ2) is 8.48. The van der Waals surface area contributed by atoms with Gasteiger partial charge in [-0.2, -0.15) is 0 Å². The van der Waals surface area contributed by atoms with E-state index in [2.05, 4.69) is 41.7 Å². The molecule has 0 aliphatic rings. The van der Waals surface area contributed by atoms with Crippen LogP contribution >= 0.6 is 22.7 Å². The quantitative estimate of drug-likeness (QED) is 0.768. The first-order chi connectivity index (χ1) is 10.2. The van der Waals surface area contributed by atoms with Crippen molar-refractivity contribution in [2.75, 3.05) is 32.1 Å². The van der Waals surface area contributed by atoms with Crippen LogP contribution in [0.15, 0.2) is 17.5 Å². The highest BCUT2D eigenvalue weighted by molar-refractivity contribution is 7.15. The van der Waals surface area contributed by atoms with E-state index in [9.17, 15) is 0 Å². The van der Waals surface area contributed by atoms with Crippen LogP contribution in [0, 0.1) is 0 Å². The fraction of sp³-hybridized carbons (Fsp3) is 0.533. The number of ether oxygens (including phenoxy) is 1. The maximum absolute atomic E-state index is 5.26. The molecule has 0 unspecified atom stereocenters. The molecule has 0 fully saturated rings. The zero-order valence-electron chi connectivity index (χ0n) is 12.9. The lowest BCUT2D eigenvalue weighted by molar-refractivity contribution is 0.181. The summed E-state index contributed by atoms with van der Waals surface area (Å²) < 4.78 is 5.26. The molecule has 0 atom stereocenters. The normalized spacial score (nSPS) is 11.0. The third-order valence-corrected chi connectivity index (χ3v) is 5.33. The lowest BCUT2D eigenvalue weighted by atomic mass is 10.3. The molecule has 0 spiro atoms. The van der Waals surface area contributed by atoms with Gasteiger partial charge in [0, 0.05) is 37.0 Å². The molecule has 21 heavy (non-hydrogen) atoms. The van der Waals surface area contributed by atoms with Gasteiger partial charge in [-0.15, -0.1) is 22.7 Å². The number of thiazole rings is 1. The number of anilines is 1. The number of methoxy groups -OCH3 is 1. The third-order valence-electron chi connectivity index (χ3n) is 3.18. The molecule has 0 saturated heterocycles. The zero-order chi connectivity index (χ0) is 15.1. The largest absolute Gasteiger partial charge is 0.378 e. The Morgan fingerprint density at radius 3 is 2.95 bits per heavy atom. The Morgan fingerprint density at radius 2 is 2.29 bits per heavy atom. The fourth-order valence-corrected chi connectivity index (χ4v) is 3.71. The summed E-state index contributed by atoms with van der Waals surface area (Å²) in [6, 6.07) is 4.29. The first-order valence-corrected chi connectivity index (χ1v) is 8.86. The smallest absolute Gasteiger partial charge is 0.185 e. The predicted molar refractivity (Wildman–Crippen MR) is 91.5 cm³/mol. The van der Waals surface area contributed by atoms with Gasteiger partial charge in [0.25, 0.3) is 0 Å². The van der Waals surface area contributed by atoms with E-state index >= 15 is 0 Å². The second-order valence-electron chi connectivity index (χ2n) is 4.83. The van der Waals surface area contributed by atoms with Gasteiger partial charge < -0.3 is 15.0 Å². The number of thiophene rings is 1. The van der Waals surface area contributed by atoms with E-state index in [1.807, 2.05) is 11.3 Å². The monoisotopic (exact) mass is 325 g/mol. The van der Waals surface area contributed by atoms with Crippen molar-refractivity contribution in [2.24, 2.45) is 0 Å². The molecule has 2 aromatic heterocycles. The predicted octanol–water partition coefficient (Wildman–Crippen LogP) is 3.14. The summed E-state index contributed by atoms with van der Waals surface area (Å²) in [5.74, 6) is 0. The molecular weight excluding hydrogens is 302 g/mol. The van der Waals surface area contributed by atoms with Gasteiger partial charge in [-0.25, -0.2) is 4.98 Å². The molecule has 116 valence electrons. The van der Waals surface area contributed by atoms with E-state index in [-0.39, 0.29) is 0 Å². The van der Waals surface area contributed by atoms with Crippen molar-refractivity contribution in [3.05, 3.63) is 33.0 Å². The van der Waals surface area contributed by atoms with Crippen molar-refractivity contribution < 1.29 is 4.74 Å². The fourth-order valence-electron chi connectivity index (χ4n) is 1.99. The minimum absolute atomic E-state index is 0.579. The van der Waals surface area contributed by atoms with E-state index in [1.165, 1.54) is 9.75 Å². The molecular formula is C15H23N3OS2. The van der Waals surface area contributed by atoms with Crippen LogP contribution in [-0.2, 0) is 24.3 Å². The average Bonchev–Trinajstić information content (AvgIpc) is 3.13. The van der Waals surface area contributed by atoms with Gasteiger partial charge in [0.2, 0.25) is 0 Å². The van der Waals surface area contributed by atoms with Crippen molar-refractivity contribution in [1.82, 2.24) is 10.3 Å². The third kappa shape index (κ3) is 4.78. The van der Waals surface area contributed by atoms with Crippen molar-refractivity contribution in [1.29, 1.82) is 0 Å². The SMILES string of the molecule is CCNCc1sc(N(C)CCc2cccs2)nc1COC. The summed E-state index contributed by atoms with van der Waals surface area (Å²) in [5.41, 5.74) is 1.06. The maximum atomic E-state index is 5.26. The molecule has 4 nitrogen and oxygen atoms in total. The average molecular weight is 326 g/mol. The van der Waals surface area contributed by atoms with E-state index in [0.29, 0.717) is 6.61 Å². The summed E-state index contributed by atoms with van der Waals surface area (Å²) in [6.45, 7) is 5.52. The summed E-state index contributed by atoms with van der Waals surface area (Å²) >= 11 is 3.57. The number of nitrogens with zero attached hydrogens (tertiary/aromatic N) is 2. The number of likely N-dealkylation sites (N-methyl/N-ethyl adjacent to an activating group) is 1. The number of aromatic nitrogens is 1. The van der Waals surface area contributed by atoms with Crippen molar-refractivity contribution in [3.8, 4) is 0 Å². The topological polar surface area (TPSA) is 37.4 Å². The molecule has 0 aliphatic carbocycles. The number of rotatable bonds is 9. The standard InChI is InChI=1S/C15H23N3OS2/c1-4-16-10-14-13(11-19-3)17-15(21-14)18(2)8-7-12-6-5-9-20-12/h5-6,9,16H,4,7-8,10-11H2,1-3H3. The van der Waals surface area contributed by atoms with Crippen molar-refractivity contribution in [2.45, 2.75) is 26.5 Å². The van der Waals surface area contributed by atoms with Gasteiger partial charge in [0.15, 0.2) is 5.13 Å². The molecule has 0 radical (unpaired) electrons. The summed E-state index contributed by atoms with van der Waals surface area (Å²) in [4.78, 5) is 9.67. The van der Waals surface area contributed by atoms with Gasteiger partial charge in [-0.3, -0.25) is 0 Å². The van der Waals surface area contributed by atoms with Crippen LogP contribution in [0.2, 0.25) is 0 Å². The Hall–Kier alpha value is -0.950. The van der Waals surface area contributed by atoms with Crippen LogP contribution in [-0.4, -0.2) is 32.2 Å². The number of nitrogens with one attached hydrogen (secondary N) is 1.